The molecule has 1 saturated heterocycles. The number of ether oxygens (including phenoxy) is 1. The lowest BCUT2D eigenvalue weighted by molar-refractivity contribution is -0.148. The lowest BCUT2D eigenvalue weighted by Crippen LogP contribution is -2.56. The van der Waals surface area contributed by atoms with Crippen LogP contribution in [0.25, 0.3) is 11.1 Å². The van der Waals surface area contributed by atoms with Gasteiger partial charge in [-0.1, -0.05) is 37.4 Å². The van der Waals surface area contributed by atoms with E-state index in [0.717, 1.165) is 17.0 Å². The Morgan fingerprint density at radius 1 is 1.05 bits per heavy atom. The Morgan fingerprint density at radius 2 is 1.82 bits per heavy atom. The van der Waals surface area contributed by atoms with E-state index in [1.807, 2.05) is 6.92 Å². The molecular weight excluding hydrogens is 596 g/mol. The van der Waals surface area contributed by atoms with Crippen LogP contribution in [0.3, 0.4) is 0 Å². The van der Waals surface area contributed by atoms with Gasteiger partial charge in [0.2, 0.25) is 5.91 Å². The number of anilines is 3. The van der Waals surface area contributed by atoms with Crippen LogP contribution in [-0.4, -0.2) is 53.9 Å². The number of carbonyl (C=O) groups excluding carboxylic acids is 4. The summed E-state index contributed by atoms with van der Waals surface area (Å²) in [6.07, 6.45) is 3.19. The summed E-state index contributed by atoms with van der Waals surface area (Å²) < 4.78 is 34.0. The van der Waals surface area contributed by atoms with Crippen molar-refractivity contribution < 1.29 is 32.7 Å². The molecule has 3 heterocycles. The maximum absolute atomic E-state index is 14.8. The smallest absolute Gasteiger partial charge is 0.411 e. The molecule has 1 aromatic heterocycles. The standard InChI is InChI=1S/C31H30ClF2N5O5/c1-17-5-3-4-6-25(38-13-14-39(30(42)29(38)41)27-22(33)10-9-21(32)26(27)34)24-15-18(11-12-35-24)20-8-7-19(36-31(43)44-2)16-23(20)37-28(17)40/h7-12,15-17,25H,3-6,13-14H2,1-2H3,(H,36,43)(H,37,40). The Balaban J connectivity index is 1.51. The first-order valence-corrected chi connectivity index (χ1v) is 14.5. The molecule has 4 amide bonds. The van der Waals surface area contributed by atoms with Gasteiger partial charge in [-0.25, -0.2) is 13.6 Å². The molecule has 0 radical (unpaired) electrons. The van der Waals surface area contributed by atoms with Gasteiger partial charge in [0, 0.05) is 36.5 Å². The average Bonchev–Trinajstić information content (AvgIpc) is 3.01. The molecular formula is C31H30ClF2N5O5. The molecule has 1 fully saturated rings. The van der Waals surface area contributed by atoms with Crippen molar-refractivity contribution in [2.75, 3.05) is 35.7 Å². The number of halogens is 3. The van der Waals surface area contributed by atoms with Crippen molar-refractivity contribution in [3.63, 3.8) is 0 Å². The van der Waals surface area contributed by atoms with E-state index in [4.69, 9.17) is 11.6 Å². The topological polar surface area (TPSA) is 121 Å². The van der Waals surface area contributed by atoms with Crippen molar-refractivity contribution in [2.24, 2.45) is 5.92 Å². The molecule has 2 aromatic carbocycles. The Hall–Kier alpha value is -4.58. The van der Waals surface area contributed by atoms with E-state index in [9.17, 15) is 28.0 Å². The molecule has 2 unspecified atom stereocenters. The van der Waals surface area contributed by atoms with Crippen LogP contribution in [0, 0.1) is 17.6 Å². The fourth-order valence-electron chi connectivity index (χ4n) is 5.51. The van der Waals surface area contributed by atoms with Crippen LogP contribution in [0.5, 0.6) is 0 Å². The van der Waals surface area contributed by atoms with E-state index in [1.165, 1.54) is 12.0 Å². The molecule has 5 rings (SSSR count). The fraction of sp³-hybridized carbons (Fsp3) is 0.323. The highest BCUT2D eigenvalue weighted by molar-refractivity contribution is 6.41. The predicted octanol–water partition coefficient (Wildman–Crippen LogP) is 5.92. The van der Waals surface area contributed by atoms with E-state index in [1.54, 1.807) is 36.5 Å². The van der Waals surface area contributed by atoms with Crippen molar-refractivity contribution in [1.29, 1.82) is 0 Å². The summed E-state index contributed by atoms with van der Waals surface area (Å²) in [4.78, 5) is 58.4. The van der Waals surface area contributed by atoms with Crippen molar-refractivity contribution in [1.82, 2.24) is 9.88 Å². The number of methoxy groups -OCH3 is 1. The molecule has 3 aromatic rings. The summed E-state index contributed by atoms with van der Waals surface area (Å²) in [5.41, 5.74) is 2.03. The van der Waals surface area contributed by atoms with Crippen LogP contribution in [0.2, 0.25) is 5.02 Å². The number of nitrogens with one attached hydrogen (secondary N) is 2. The van der Waals surface area contributed by atoms with Crippen LogP contribution >= 0.6 is 11.6 Å². The summed E-state index contributed by atoms with van der Waals surface area (Å²) in [6, 6.07) is 9.93. The Labute approximate surface area is 257 Å². The second-order valence-electron chi connectivity index (χ2n) is 10.7. The number of rotatable bonds is 3. The van der Waals surface area contributed by atoms with Crippen molar-refractivity contribution in [3.05, 3.63) is 71.0 Å². The summed E-state index contributed by atoms with van der Waals surface area (Å²) in [6.45, 7) is 1.67. The van der Waals surface area contributed by atoms with Gasteiger partial charge in [-0.3, -0.25) is 29.6 Å². The normalized spacial score (nSPS) is 19.2. The zero-order valence-electron chi connectivity index (χ0n) is 24.0. The highest BCUT2D eigenvalue weighted by atomic mass is 35.5. The van der Waals surface area contributed by atoms with E-state index < -0.39 is 41.3 Å². The van der Waals surface area contributed by atoms with E-state index in [-0.39, 0.29) is 29.9 Å². The van der Waals surface area contributed by atoms with Crippen molar-refractivity contribution in [3.8, 4) is 11.1 Å². The second kappa shape index (κ2) is 13.0. The molecule has 13 heteroatoms. The number of nitrogens with zero attached hydrogens (tertiary/aromatic N) is 3. The van der Waals surface area contributed by atoms with Crippen LogP contribution in [0.1, 0.15) is 44.3 Å². The number of hydrogen-bond acceptors (Lipinski definition) is 6. The number of fused-ring (bicyclic) bond motifs is 4. The number of carbonyl (C=O) groups is 4. The average molecular weight is 626 g/mol. The number of benzene rings is 2. The third kappa shape index (κ3) is 6.21. The monoisotopic (exact) mass is 625 g/mol. The molecule has 44 heavy (non-hydrogen) atoms. The molecule has 2 aliphatic heterocycles. The minimum atomic E-state index is -1.11. The van der Waals surface area contributed by atoms with Gasteiger partial charge >= 0.3 is 17.9 Å². The number of amides is 4. The minimum Gasteiger partial charge on any atom is -0.453 e. The molecule has 2 bridgehead atoms. The zero-order chi connectivity index (χ0) is 31.5. The van der Waals surface area contributed by atoms with Gasteiger partial charge in [-0.2, -0.15) is 0 Å². The van der Waals surface area contributed by atoms with Gasteiger partial charge < -0.3 is 15.0 Å². The number of piperazine rings is 1. The van der Waals surface area contributed by atoms with E-state index in [0.29, 0.717) is 53.9 Å². The maximum Gasteiger partial charge on any atom is 0.411 e. The summed E-state index contributed by atoms with van der Waals surface area (Å²) in [5, 5.41) is 5.20. The predicted molar refractivity (Wildman–Crippen MR) is 160 cm³/mol. The SMILES string of the molecule is COC(=O)Nc1ccc2c(c1)NC(=O)C(C)CCCCC(N1CCN(c3c(F)ccc(Cl)c3F)C(=O)C1=O)c1cc-2ccn1. The minimum absolute atomic E-state index is 0.00211. The first kappa shape index (κ1) is 30.9. The maximum atomic E-state index is 14.8. The quantitative estimate of drug-likeness (QED) is 0.275. The first-order valence-electron chi connectivity index (χ1n) is 14.1. The molecule has 10 nitrogen and oxygen atoms in total. The summed E-state index contributed by atoms with van der Waals surface area (Å²) in [5.74, 6) is -4.63. The van der Waals surface area contributed by atoms with Gasteiger partial charge in [0.05, 0.1) is 29.6 Å². The van der Waals surface area contributed by atoms with Crippen LogP contribution in [0.15, 0.2) is 48.7 Å². The lowest BCUT2D eigenvalue weighted by Gasteiger charge is -2.38. The van der Waals surface area contributed by atoms with Crippen LogP contribution < -0.4 is 15.5 Å². The number of pyridine rings is 1. The molecule has 0 spiro atoms. The van der Waals surface area contributed by atoms with Crippen molar-refractivity contribution in [2.45, 2.75) is 38.6 Å². The highest BCUT2D eigenvalue weighted by Crippen LogP contribution is 2.37. The van der Waals surface area contributed by atoms with Crippen LogP contribution in [0.4, 0.5) is 30.6 Å². The molecule has 0 saturated carbocycles. The molecule has 230 valence electrons. The molecule has 2 N–H and O–H groups in total. The van der Waals surface area contributed by atoms with Gasteiger partial charge in [-0.15, -0.1) is 0 Å². The van der Waals surface area contributed by atoms with Gasteiger partial charge in [-0.05, 0) is 54.8 Å². The largest absolute Gasteiger partial charge is 0.453 e. The third-order valence-corrected chi connectivity index (χ3v) is 8.17. The summed E-state index contributed by atoms with van der Waals surface area (Å²) in [7, 11) is 1.25. The van der Waals surface area contributed by atoms with E-state index in [2.05, 4.69) is 20.4 Å². The molecule has 0 aliphatic carbocycles. The molecule has 2 atom stereocenters. The third-order valence-electron chi connectivity index (χ3n) is 7.87. The highest BCUT2D eigenvalue weighted by Gasteiger charge is 2.40. The van der Waals surface area contributed by atoms with Crippen molar-refractivity contribution >= 4 is 52.5 Å². The van der Waals surface area contributed by atoms with Crippen LogP contribution in [-0.2, 0) is 19.1 Å². The fourth-order valence-corrected chi connectivity index (χ4v) is 5.66. The first-order chi connectivity index (χ1) is 21.1. The van der Waals surface area contributed by atoms with Gasteiger partial charge in [0.1, 0.15) is 11.5 Å². The Kier molecular flexibility index (Phi) is 9.09. The molecule has 2 aliphatic rings. The summed E-state index contributed by atoms with van der Waals surface area (Å²) >= 11 is 5.84. The van der Waals surface area contributed by atoms with Gasteiger partial charge in [0.25, 0.3) is 0 Å². The number of hydrogen-bond donors (Lipinski definition) is 2. The Bertz CT molecular complexity index is 1640. The Morgan fingerprint density at radius 3 is 2.59 bits per heavy atom. The second-order valence-corrected chi connectivity index (χ2v) is 11.1. The lowest BCUT2D eigenvalue weighted by atomic mass is 9.97. The van der Waals surface area contributed by atoms with Gasteiger partial charge in [0.15, 0.2) is 5.82 Å². The number of aromatic nitrogens is 1. The zero-order valence-corrected chi connectivity index (χ0v) is 24.8. The van der Waals surface area contributed by atoms with E-state index >= 15 is 0 Å².